The van der Waals surface area contributed by atoms with Gasteiger partial charge < -0.3 is 19.5 Å². The molecule has 1 aromatic rings. The highest BCUT2D eigenvalue weighted by molar-refractivity contribution is 6.00. The van der Waals surface area contributed by atoms with Crippen molar-refractivity contribution < 1.29 is 23.8 Å². The standard InChI is InChI=1S/C20H29NO5/c1-4-13-26-20(11-7-8-12-20)19(23)21-15-9-10-17(24-5-2)16(14-15)18(22)25-6-3/h9-10,14H,4-8,11-13H2,1-3H3,(H,21,23). The number of carbonyl (C=O) groups excluding carboxylic acids is 2. The lowest BCUT2D eigenvalue weighted by Crippen LogP contribution is -2.43. The highest BCUT2D eigenvalue weighted by Crippen LogP contribution is 2.35. The maximum absolute atomic E-state index is 12.9. The lowest BCUT2D eigenvalue weighted by atomic mass is 10.0. The molecule has 1 amide bonds. The summed E-state index contributed by atoms with van der Waals surface area (Å²) in [5.74, 6) is -0.172. The largest absolute Gasteiger partial charge is 0.493 e. The Morgan fingerprint density at radius 1 is 1.12 bits per heavy atom. The fourth-order valence-electron chi connectivity index (χ4n) is 3.18. The number of nitrogens with one attached hydrogen (secondary N) is 1. The molecule has 144 valence electrons. The molecule has 0 aliphatic heterocycles. The summed E-state index contributed by atoms with van der Waals surface area (Å²) in [5, 5.41) is 2.91. The Morgan fingerprint density at radius 3 is 2.46 bits per heavy atom. The van der Waals surface area contributed by atoms with Crippen LogP contribution in [-0.4, -0.2) is 37.3 Å². The predicted molar refractivity (Wildman–Crippen MR) is 99.6 cm³/mol. The predicted octanol–water partition coefficient (Wildman–Crippen LogP) is 3.94. The average molecular weight is 363 g/mol. The van der Waals surface area contributed by atoms with Gasteiger partial charge in [-0.15, -0.1) is 0 Å². The minimum atomic E-state index is -0.765. The number of ether oxygens (including phenoxy) is 3. The fourth-order valence-corrected chi connectivity index (χ4v) is 3.18. The van der Waals surface area contributed by atoms with Crippen molar-refractivity contribution in [2.75, 3.05) is 25.1 Å². The van der Waals surface area contributed by atoms with Crippen LogP contribution in [0, 0.1) is 0 Å². The van der Waals surface area contributed by atoms with Crippen molar-refractivity contribution >= 4 is 17.6 Å². The quantitative estimate of drug-likeness (QED) is 0.673. The van der Waals surface area contributed by atoms with Gasteiger partial charge in [0.25, 0.3) is 5.91 Å². The Balaban J connectivity index is 2.20. The number of amides is 1. The summed E-state index contributed by atoms with van der Waals surface area (Å²) >= 11 is 0. The van der Waals surface area contributed by atoms with Gasteiger partial charge in [-0.1, -0.05) is 6.92 Å². The fraction of sp³-hybridized carbons (Fsp3) is 0.600. The molecule has 6 heteroatoms. The second kappa shape index (κ2) is 9.57. The topological polar surface area (TPSA) is 73.9 Å². The highest BCUT2D eigenvalue weighted by Gasteiger charge is 2.42. The van der Waals surface area contributed by atoms with Crippen molar-refractivity contribution in [3.8, 4) is 5.75 Å². The zero-order valence-corrected chi connectivity index (χ0v) is 15.9. The first-order valence-electron chi connectivity index (χ1n) is 9.45. The summed E-state index contributed by atoms with van der Waals surface area (Å²) < 4.78 is 16.5. The third kappa shape index (κ3) is 4.75. The van der Waals surface area contributed by atoms with E-state index in [1.165, 1.54) is 0 Å². The normalized spacial score (nSPS) is 15.5. The van der Waals surface area contributed by atoms with Gasteiger partial charge in [0, 0.05) is 12.3 Å². The van der Waals surface area contributed by atoms with Gasteiger partial charge in [0.15, 0.2) is 0 Å². The van der Waals surface area contributed by atoms with Crippen LogP contribution < -0.4 is 10.1 Å². The van der Waals surface area contributed by atoms with E-state index in [0.717, 1.165) is 32.1 Å². The van der Waals surface area contributed by atoms with Gasteiger partial charge in [-0.3, -0.25) is 4.79 Å². The number of benzene rings is 1. The highest BCUT2D eigenvalue weighted by atomic mass is 16.5. The van der Waals surface area contributed by atoms with Gasteiger partial charge in [-0.05, 0) is 64.2 Å². The van der Waals surface area contributed by atoms with Crippen molar-refractivity contribution in [1.29, 1.82) is 0 Å². The molecule has 1 N–H and O–H groups in total. The van der Waals surface area contributed by atoms with Crippen LogP contribution in [0.5, 0.6) is 5.75 Å². The molecule has 1 fully saturated rings. The third-order valence-corrected chi connectivity index (χ3v) is 4.44. The summed E-state index contributed by atoms with van der Waals surface area (Å²) in [6.07, 6.45) is 4.27. The minimum Gasteiger partial charge on any atom is -0.493 e. The molecular formula is C20H29NO5. The van der Waals surface area contributed by atoms with Crippen LogP contribution in [0.3, 0.4) is 0 Å². The monoisotopic (exact) mass is 363 g/mol. The van der Waals surface area contributed by atoms with Gasteiger partial charge in [0.1, 0.15) is 16.9 Å². The Bertz CT molecular complexity index is 623. The third-order valence-electron chi connectivity index (χ3n) is 4.44. The van der Waals surface area contributed by atoms with Gasteiger partial charge in [0.2, 0.25) is 0 Å². The zero-order valence-electron chi connectivity index (χ0n) is 15.9. The molecule has 6 nitrogen and oxygen atoms in total. The van der Waals surface area contributed by atoms with E-state index in [1.54, 1.807) is 25.1 Å². The lowest BCUT2D eigenvalue weighted by Gasteiger charge is -2.28. The van der Waals surface area contributed by atoms with E-state index in [2.05, 4.69) is 5.32 Å². The lowest BCUT2D eigenvalue weighted by molar-refractivity contribution is -0.140. The molecule has 0 heterocycles. The second-order valence-electron chi connectivity index (χ2n) is 6.37. The number of anilines is 1. The number of hydrogen-bond acceptors (Lipinski definition) is 5. The molecule has 0 aromatic heterocycles. The molecular weight excluding hydrogens is 334 g/mol. The van der Waals surface area contributed by atoms with Crippen LogP contribution in [0.4, 0.5) is 5.69 Å². The second-order valence-corrected chi connectivity index (χ2v) is 6.37. The Hall–Kier alpha value is -2.08. The first-order valence-corrected chi connectivity index (χ1v) is 9.45. The van der Waals surface area contributed by atoms with Gasteiger partial charge in [-0.2, -0.15) is 0 Å². The molecule has 0 atom stereocenters. The first kappa shape index (κ1) is 20.2. The van der Waals surface area contributed by atoms with Crippen LogP contribution in [0.1, 0.15) is 63.2 Å². The molecule has 0 spiro atoms. The Kier molecular flexibility index (Phi) is 7.45. The maximum Gasteiger partial charge on any atom is 0.341 e. The SMILES string of the molecule is CCCOC1(C(=O)Nc2ccc(OCC)c(C(=O)OCC)c2)CCCC1. The molecule has 26 heavy (non-hydrogen) atoms. The summed E-state index contributed by atoms with van der Waals surface area (Å²) in [7, 11) is 0. The van der Waals surface area contributed by atoms with Gasteiger partial charge >= 0.3 is 5.97 Å². The Morgan fingerprint density at radius 2 is 1.85 bits per heavy atom. The van der Waals surface area contributed by atoms with Crippen LogP contribution in [-0.2, 0) is 14.3 Å². The van der Waals surface area contributed by atoms with Crippen LogP contribution >= 0.6 is 0 Å². The summed E-state index contributed by atoms with van der Waals surface area (Å²) in [6.45, 7) is 6.89. The zero-order chi connectivity index (χ0) is 19.0. The summed E-state index contributed by atoms with van der Waals surface area (Å²) in [4.78, 5) is 25.1. The number of carbonyl (C=O) groups is 2. The van der Waals surface area contributed by atoms with Crippen molar-refractivity contribution in [3.05, 3.63) is 23.8 Å². The minimum absolute atomic E-state index is 0.151. The van der Waals surface area contributed by atoms with E-state index in [9.17, 15) is 9.59 Å². The molecule has 1 aliphatic rings. The molecule has 0 bridgehead atoms. The average Bonchev–Trinajstić information content (AvgIpc) is 3.12. The van der Waals surface area contributed by atoms with Crippen LogP contribution in [0.25, 0.3) is 0 Å². The van der Waals surface area contributed by atoms with Crippen molar-refractivity contribution in [3.63, 3.8) is 0 Å². The molecule has 0 unspecified atom stereocenters. The van der Waals surface area contributed by atoms with E-state index in [1.807, 2.05) is 13.8 Å². The number of hydrogen-bond donors (Lipinski definition) is 1. The smallest absolute Gasteiger partial charge is 0.341 e. The maximum atomic E-state index is 12.9. The molecule has 1 aliphatic carbocycles. The van der Waals surface area contributed by atoms with Crippen LogP contribution in [0.15, 0.2) is 18.2 Å². The van der Waals surface area contributed by atoms with Gasteiger partial charge in [-0.25, -0.2) is 4.79 Å². The van der Waals surface area contributed by atoms with Crippen molar-refractivity contribution in [2.45, 2.75) is 58.5 Å². The van der Waals surface area contributed by atoms with Crippen molar-refractivity contribution in [1.82, 2.24) is 0 Å². The van der Waals surface area contributed by atoms with E-state index in [-0.39, 0.29) is 12.5 Å². The Labute approximate surface area is 155 Å². The summed E-state index contributed by atoms with van der Waals surface area (Å²) in [5.41, 5.74) is 0.0768. The van der Waals surface area contributed by atoms with Crippen molar-refractivity contribution in [2.24, 2.45) is 0 Å². The molecule has 1 aromatic carbocycles. The van der Waals surface area contributed by atoms with Crippen LogP contribution in [0.2, 0.25) is 0 Å². The van der Waals surface area contributed by atoms with Gasteiger partial charge in [0.05, 0.1) is 13.2 Å². The molecule has 2 rings (SSSR count). The summed E-state index contributed by atoms with van der Waals surface area (Å²) in [6, 6.07) is 5.01. The number of rotatable bonds is 9. The molecule has 1 saturated carbocycles. The molecule has 0 radical (unpaired) electrons. The van der Waals surface area contributed by atoms with E-state index in [0.29, 0.717) is 30.2 Å². The number of esters is 1. The van der Waals surface area contributed by atoms with E-state index in [4.69, 9.17) is 14.2 Å². The molecule has 0 saturated heterocycles. The first-order chi connectivity index (χ1) is 12.6. The van der Waals surface area contributed by atoms with E-state index < -0.39 is 11.6 Å². The van der Waals surface area contributed by atoms with E-state index >= 15 is 0 Å².